The highest BCUT2D eigenvalue weighted by Gasteiger charge is 2.17. The predicted molar refractivity (Wildman–Crippen MR) is 127 cm³/mol. The maximum absolute atomic E-state index is 12.6. The quantitative estimate of drug-likeness (QED) is 0.377. The maximum Gasteiger partial charge on any atom is 0.323 e. The average molecular weight is 483 g/mol. The molecule has 0 radical (unpaired) electrons. The molecule has 1 aromatic heterocycles. The molecule has 0 bridgehead atoms. The number of sulfonamides is 1. The third-order valence-electron chi connectivity index (χ3n) is 4.83. The third kappa shape index (κ3) is 4.54. The molecule has 0 saturated carbocycles. The summed E-state index contributed by atoms with van der Waals surface area (Å²) in [6.07, 6.45) is 0. The van der Waals surface area contributed by atoms with Gasteiger partial charge in [-0.2, -0.15) is 0 Å². The summed E-state index contributed by atoms with van der Waals surface area (Å²) >= 11 is 1.21. The minimum Gasteiger partial charge on any atom is -0.454 e. The Hall–Kier alpha value is -3.83. The minimum absolute atomic E-state index is 0.155. The molecule has 33 heavy (non-hydrogen) atoms. The van der Waals surface area contributed by atoms with Crippen LogP contribution in [0.15, 0.2) is 65.6 Å². The van der Waals surface area contributed by atoms with E-state index in [4.69, 9.17) is 9.47 Å². The van der Waals surface area contributed by atoms with Crippen LogP contribution in [0, 0.1) is 6.92 Å². The van der Waals surface area contributed by atoms with Gasteiger partial charge in [-0.3, -0.25) is 4.72 Å². The SMILES string of the molecule is Cc1ccc(S(=O)(=O)Nc2nc3cc(NC(=O)Nc4ccc5c(c4)OCO5)ccc3s2)cc1. The van der Waals surface area contributed by atoms with Crippen molar-refractivity contribution in [2.75, 3.05) is 22.1 Å². The van der Waals surface area contributed by atoms with E-state index in [2.05, 4.69) is 20.3 Å². The van der Waals surface area contributed by atoms with Crippen molar-refractivity contribution < 1.29 is 22.7 Å². The second-order valence-electron chi connectivity index (χ2n) is 7.27. The topological polar surface area (TPSA) is 119 Å². The number of amides is 2. The zero-order valence-corrected chi connectivity index (χ0v) is 18.9. The van der Waals surface area contributed by atoms with E-state index < -0.39 is 16.1 Å². The molecule has 1 aliphatic rings. The number of nitrogens with one attached hydrogen (secondary N) is 3. The first-order valence-electron chi connectivity index (χ1n) is 9.83. The summed E-state index contributed by atoms with van der Waals surface area (Å²) in [5.41, 5.74) is 2.59. The molecule has 3 N–H and O–H groups in total. The molecule has 4 aromatic rings. The lowest BCUT2D eigenvalue weighted by molar-refractivity contribution is 0.174. The van der Waals surface area contributed by atoms with Crippen molar-refractivity contribution in [3.05, 3.63) is 66.2 Å². The summed E-state index contributed by atoms with van der Waals surface area (Å²) in [6.45, 7) is 2.04. The number of carbonyl (C=O) groups excluding carboxylic acids is 1. The second-order valence-corrected chi connectivity index (χ2v) is 9.98. The largest absolute Gasteiger partial charge is 0.454 e. The zero-order valence-electron chi connectivity index (χ0n) is 17.3. The lowest BCUT2D eigenvalue weighted by atomic mass is 10.2. The summed E-state index contributed by atoms with van der Waals surface area (Å²) in [5, 5.41) is 5.72. The Bertz CT molecular complexity index is 1470. The first-order chi connectivity index (χ1) is 15.9. The number of benzene rings is 3. The van der Waals surface area contributed by atoms with Gasteiger partial charge in [-0.05, 0) is 49.4 Å². The normalized spacial score (nSPS) is 12.5. The monoisotopic (exact) mass is 482 g/mol. The van der Waals surface area contributed by atoms with Crippen molar-refractivity contribution >= 4 is 54.1 Å². The van der Waals surface area contributed by atoms with E-state index in [0.29, 0.717) is 28.4 Å². The summed E-state index contributed by atoms with van der Waals surface area (Å²) < 4.78 is 39.1. The van der Waals surface area contributed by atoms with Crippen molar-refractivity contribution in [1.29, 1.82) is 0 Å². The number of thiazole rings is 1. The Morgan fingerprint density at radius 1 is 0.939 bits per heavy atom. The van der Waals surface area contributed by atoms with Crippen LogP contribution in [0.3, 0.4) is 0 Å². The molecular formula is C22H18N4O5S2. The molecule has 11 heteroatoms. The average Bonchev–Trinajstić information content (AvgIpc) is 3.39. The van der Waals surface area contributed by atoms with Crippen LogP contribution in [0.2, 0.25) is 0 Å². The van der Waals surface area contributed by atoms with E-state index in [0.717, 1.165) is 10.3 Å². The fourth-order valence-corrected chi connectivity index (χ4v) is 5.29. The molecule has 0 atom stereocenters. The molecule has 5 rings (SSSR count). The number of nitrogens with zero attached hydrogens (tertiary/aromatic N) is 1. The molecule has 1 aliphatic heterocycles. The number of hydrogen-bond acceptors (Lipinski definition) is 7. The van der Waals surface area contributed by atoms with Crippen LogP contribution in [0.5, 0.6) is 11.5 Å². The molecule has 168 valence electrons. The smallest absolute Gasteiger partial charge is 0.323 e. The molecule has 0 saturated heterocycles. The Morgan fingerprint density at radius 2 is 1.64 bits per heavy atom. The fourth-order valence-electron chi connectivity index (χ4n) is 3.21. The molecular weight excluding hydrogens is 464 g/mol. The van der Waals surface area contributed by atoms with E-state index in [-0.39, 0.29) is 16.8 Å². The number of aromatic nitrogens is 1. The Balaban J connectivity index is 1.29. The van der Waals surface area contributed by atoms with Crippen molar-refractivity contribution in [2.45, 2.75) is 11.8 Å². The van der Waals surface area contributed by atoms with Gasteiger partial charge >= 0.3 is 6.03 Å². The van der Waals surface area contributed by atoms with Crippen LogP contribution >= 0.6 is 11.3 Å². The number of ether oxygens (including phenoxy) is 2. The van der Waals surface area contributed by atoms with Gasteiger partial charge in [0, 0.05) is 17.4 Å². The Labute approximate surface area is 193 Å². The van der Waals surface area contributed by atoms with E-state index in [1.165, 1.54) is 11.3 Å². The van der Waals surface area contributed by atoms with Gasteiger partial charge in [-0.15, -0.1) is 0 Å². The highest BCUT2D eigenvalue weighted by atomic mass is 32.2. The van der Waals surface area contributed by atoms with Gasteiger partial charge in [0.2, 0.25) is 6.79 Å². The van der Waals surface area contributed by atoms with Crippen LogP contribution in [-0.4, -0.2) is 26.2 Å². The van der Waals surface area contributed by atoms with Gasteiger partial charge in [0.25, 0.3) is 10.0 Å². The molecule has 0 spiro atoms. The van der Waals surface area contributed by atoms with Crippen LogP contribution < -0.4 is 24.8 Å². The molecule has 0 fully saturated rings. The van der Waals surface area contributed by atoms with Gasteiger partial charge < -0.3 is 20.1 Å². The number of carbonyl (C=O) groups is 1. The summed E-state index contributed by atoms with van der Waals surface area (Å²) in [5.74, 6) is 1.20. The van der Waals surface area contributed by atoms with E-state index in [1.54, 1.807) is 60.7 Å². The van der Waals surface area contributed by atoms with Gasteiger partial charge in [0.15, 0.2) is 16.6 Å². The van der Waals surface area contributed by atoms with E-state index in [1.807, 2.05) is 6.92 Å². The van der Waals surface area contributed by atoms with Crippen LogP contribution in [0.25, 0.3) is 10.2 Å². The van der Waals surface area contributed by atoms with Gasteiger partial charge in [0.1, 0.15) is 0 Å². The lowest BCUT2D eigenvalue weighted by Crippen LogP contribution is -2.19. The van der Waals surface area contributed by atoms with Gasteiger partial charge in [0.05, 0.1) is 15.1 Å². The van der Waals surface area contributed by atoms with E-state index >= 15 is 0 Å². The molecule has 2 heterocycles. The number of urea groups is 1. The first kappa shape index (κ1) is 21.0. The summed E-state index contributed by atoms with van der Waals surface area (Å²) in [4.78, 5) is 16.9. The highest BCUT2D eigenvalue weighted by Crippen LogP contribution is 2.34. The first-order valence-corrected chi connectivity index (χ1v) is 12.1. The highest BCUT2D eigenvalue weighted by molar-refractivity contribution is 7.93. The predicted octanol–water partition coefficient (Wildman–Crippen LogP) is 4.78. The molecule has 0 unspecified atom stereocenters. The Kier molecular flexibility index (Phi) is 5.27. The fraction of sp³-hybridized carbons (Fsp3) is 0.0909. The van der Waals surface area contributed by atoms with Crippen molar-refractivity contribution in [1.82, 2.24) is 4.98 Å². The number of anilines is 3. The number of rotatable bonds is 5. The van der Waals surface area contributed by atoms with Gasteiger partial charge in [-0.25, -0.2) is 18.2 Å². The Morgan fingerprint density at radius 3 is 2.42 bits per heavy atom. The third-order valence-corrected chi connectivity index (χ3v) is 7.26. The van der Waals surface area contributed by atoms with Gasteiger partial charge in [-0.1, -0.05) is 29.0 Å². The van der Waals surface area contributed by atoms with Crippen LogP contribution in [0.4, 0.5) is 21.3 Å². The second kappa shape index (κ2) is 8.26. The zero-order chi connectivity index (χ0) is 23.0. The maximum atomic E-state index is 12.6. The number of aryl methyl sites for hydroxylation is 1. The van der Waals surface area contributed by atoms with Crippen molar-refractivity contribution in [3.63, 3.8) is 0 Å². The summed E-state index contributed by atoms with van der Waals surface area (Å²) in [7, 11) is -3.75. The van der Waals surface area contributed by atoms with Crippen molar-refractivity contribution in [3.8, 4) is 11.5 Å². The van der Waals surface area contributed by atoms with Crippen molar-refractivity contribution in [2.24, 2.45) is 0 Å². The number of hydrogen-bond donors (Lipinski definition) is 3. The minimum atomic E-state index is -3.75. The molecule has 9 nitrogen and oxygen atoms in total. The van der Waals surface area contributed by atoms with Crippen LogP contribution in [0.1, 0.15) is 5.56 Å². The lowest BCUT2D eigenvalue weighted by Gasteiger charge is -2.08. The number of fused-ring (bicyclic) bond motifs is 2. The molecule has 2 amide bonds. The molecule has 0 aliphatic carbocycles. The molecule has 3 aromatic carbocycles. The van der Waals surface area contributed by atoms with Crippen LogP contribution in [-0.2, 0) is 10.0 Å². The van der Waals surface area contributed by atoms with E-state index in [9.17, 15) is 13.2 Å². The summed E-state index contributed by atoms with van der Waals surface area (Å²) in [6, 6.07) is 16.4. The standard InChI is InChI=1S/C22H18N4O5S2/c1-13-2-6-16(7-3-13)33(28,29)26-22-25-17-10-14(5-9-20(17)32-22)23-21(27)24-15-4-8-18-19(11-15)31-12-30-18/h2-11H,12H2,1H3,(H,25,26)(H2,23,24,27).